The number of anilines is 1. The predicted molar refractivity (Wildman–Crippen MR) is 88.8 cm³/mol. The highest BCUT2D eigenvalue weighted by Crippen LogP contribution is 2.30. The van der Waals surface area contributed by atoms with Crippen molar-refractivity contribution in [3.8, 4) is 0 Å². The first-order valence-corrected chi connectivity index (χ1v) is 10.3. The third-order valence-corrected chi connectivity index (χ3v) is 6.26. The van der Waals surface area contributed by atoms with E-state index in [1.54, 1.807) is 29.2 Å². The Morgan fingerprint density at radius 3 is 2.90 bits per heavy atom. The standard InChI is InChI=1S/C12H15ClN2O2S3/c1-18-12-14-10-5-4-9(8-11(10)19-12)15-20(16,17)7-3-2-6-13/h4-5,8,15H,2-3,6-7H2,1H3. The van der Waals surface area contributed by atoms with Gasteiger partial charge >= 0.3 is 0 Å². The van der Waals surface area contributed by atoms with Crippen LogP contribution in [-0.4, -0.2) is 31.3 Å². The lowest BCUT2D eigenvalue weighted by Crippen LogP contribution is -2.16. The number of unbranched alkanes of at least 4 members (excludes halogenated alkanes) is 1. The van der Waals surface area contributed by atoms with E-state index in [1.807, 2.05) is 18.4 Å². The minimum atomic E-state index is -3.30. The summed E-state index contributed by atoms with van der Waals surface area (Å²) in [6.45, 7) is 0. The number of thioether (sulfide) groups is 1. The molecule has 0 spiro atoms. The highest BCUT2D eigenvalue weighted by Gasteiger charge is 2.11. The van der Waals surface area contributed by atoms with Gasteiger partial charge in [-0.2, -0.15) is 0 Å². The highest BCUT2D eigenvalue weighted by molar-refractivity contribution is 8.00. The summed E-state index contributed by atoms with van der Waals surface area (Å²) in [5.74, 6) is 0.580. The summed E-state index contributed by atoms with van der Waals surface area (Å²) in [6, 6.07) is 5.40. The molecule has 2 aromatic rings. The summed E-state index contributed by atoms with van der Waals surface area (Å²) in [5, 5.41) is 0. The number of sulfonamides is 1. The second-order valence-corrected chi connectivity index (χ2v) is 8.49. The maximum atomic E-state index is 11.9. The zero-order valence-corrected chi connectivity index (χ0v) is 14.1. The zero-order valence-electron chi connectivity index (χ0n) is 10.9. The Morgan fingerprint density at radius 1 is 1.40 bits per heavy atom. The summed E-state index contributed by atoms with van der Waals surface area (Å²) in [4.78, 5) is 4.42. The second kappa shape index (κ2) is 6.98. The first kappa shape index (κ1) is 15.9. The van der Waals surface area contributed by atoms with Crippen LogP contribution in [0.3, 0.4) is 0 Å². The number of nitrogens with one attached hydrogen (secondary N) is 1. The molecule has 0 bridgehead atoms. The van der Waals surface area contributed by atoms with E-state index in [2.05, 4.69) is 9.71 Å². The van der Waals surface area contributed by atoms with Gasteiger partial charge in [-0.3, -0.25) is 4.72 Å². The molecule has 0 atom stereocenters. The lowest BCUT2D eigenvalue weighted by Gasteiger charge is -2.07. The molecule has 0 unspecified atom stereocenters. The van der Waals surface area contributed by atoms with Crippen molar-refractivity contribution in [3.63, 3.8) is 0 Å². The molecule has 0 aliphatic carbocycles. The average molecular weight is 351 g/mol. The van der Waals surface area contributed by atoms with Gasteiger partial charge in [-0.25, -0.2) is 13.4 Å². The fraction of sp³-hybridized carbons (Fsp3) is 0.417. The number of thiazole rings is 1. The number of rotatable bonds is 7. The van der Waals surface area contributed by atoms with E-state index < -0.39 is 10.0 Å². The minimum absolute atomic E-state index is 0.0938. The van der Waals surface area contributed by atoms with Gasteiger partial charge in [0, 0.05) is 5.88 Å². The number of benzene rings is 1. The normalized spacial score (nSPS) is 11.9. The van der Waals surface area contributed by atoms with Crippen LogP contribution in [0, 0.1) is 0 Å². The molecular weight excluding hydrogens is 336 g/mol. The largest absolute Gasteiger partial charge is 0.284 e. The number of fused-ring (bicyclic) bond motifs is 1. The van der Waals surface area contributed by atoms with E-state index in [-0.39, 0.29) is 5.75 Å². The number of hydrogen-bond donors (Lipinski definition) is 1. The van der Waals surface area contributed by atoms with Crippen molar-refractivity contribution in [1.29, 1.82) is 0 Å². The molecule has 4 nitrogen and oxygen atoms in total. The van der Waals surface area contributed by atoms with E-state index in [0.29, 0.717) is 24.4 Å². The third kappa shape index (κ3) is 4.25. The van der Waals surface area contributed by atoms with Gasteiger partial charge in [0.15, 0.2) is 4.34 Å². The summed E-state index contributed by atoms with van der Waals surface area (Å²) in [5.41, 5.74) is 1.48. The molecule has 20 heavy (non-hydrogen) atoms. The SMILES string of the molecule is CSc1nc2ccc(NS(=O)(=O)CCCCCl)cc2s1. The van der Waals surface area contributed by atoms with Gasteiger partial charge in [0.2, 0.25) is 10.0 Å². The Kier molecular flexibility index (Phi) is 5.54. The number of hydrogen-bond acceptors (Lipinski definition) is 5. The van der Waals surface area contributed by atoms with Crippen molar-refractivity contribution in [3.05, 3.63) is 18.2 Å². The van der Waals surface area contributed by atoms with Crippen molar-refractivity contribution >= 4 is 60.6 Å². The first-order valence-electron chi connectivity index (χ1n) is 6.05. The first-order chi connectivity index (χ1) is 9.54. The van der Waals surface area contributed by atoms with E-state index >= 15 is 0 Å². The monoisotopic (exact) mass is 350 g/mol. The van der Waals surface area contributed by atoms with Crippen LogP contribution in [0.5, 0.6) is 0 Å². The Bertz CT molecular complexity index is 685. The Morgan fingerprint density at radius 2 is 2.20 bits per heavy atom. The molecule has 0 saturated carbocycles. The van der Waals surface area contributed by atoms with Crippen LogP contribution in [0.1, 0.15) is 12.8 Å². The Balaban J connectivity index is 2.12. The van der Waals surface area contributed by atoms with Gasteiger partial charge in [0.1, 0.15) is 0 Å². The molecule has 8 heteroatoms. The van der Waals surface area contributed by atoms with E-state index in [4.69, 9.17) is 11.6 Å². The molecule has 1 heterocycles. The van der Waals surface area contributed by atoms with Crippen molar-refractivity contribution in [2.75, 3.05) is 22.6 Å². The smallest absolute Gasteiger partial charge is 0.232 e. The maximum Gasteiger partial charge on any atom is 0.232 e. The van der Waals surface area contributed by atoms with Gasteiger partial charge < -0.3 is 0 Å². The van der Waals surface area contributed by atoms with Gasteiger partial charge in [-0.15, -0.1) is 22.9 Å². The third-order valence-electron chi connectivity index (χ3n) is 2.61. The Labute approximate surface area is 132 Å². The molecular formula is C12H15ClN2O2S3. The van der Waals surface area contributed by atoms with E-state index in [9.17, 15) is 8.42 Å². The van der Waals surface area contributed by atoms with Gasteiger partial charge in [0.25, 0.3) is 0 Å². The number of aromatic nitrogens is 1. The van der Waals surface area contributed by atoms with E-state index in [0.717, 1.165) is 14.6 Å². The zero-order chi connectivity index (χ0) is 14.6. The molecule has 0 saturated heterocycles. The lowest BCUT2D eigenvalue weighted by molar-refractivity contribution is 0.598. The van der Waals surface area contributed by atoms with Crippen molar-refractivity contribution in [1.82, 2.24) is 4.98 Å². The summed E-state index contributed by atoms with van der Waals surface area (Å²) < 4.78 is 28.4. The summed E-state index contributed by atoms with van der Waals surface area (Å²) in [7, 11) is -3.30. The molecule has 2 rings (SSSR count). The number of nitrogens with zero attached hydrogens (tertiary/aromatic N) is 1. The average Bonchev–Trinajstić information content (AvgIpc) is 2.80. The molecule has 0 fully saturated rings. The quantitative estimate of drug-likeness (QED) is 0.469. The molecule has 0 radical (unpaired) electrons. The van der Waals surface area contributed by atoms with Gasteiger partial charge in [0.05, 0.1) is 21.7 Å². The van der Waals surface area contributed by atoms with Gasteiger partial charge in [-0.1, -0.05) is 11.8 Å². The molecule has 0 amide bonds. The predicted octanol–water partition coefficient (Wildman–Crippen LogP) is 3.78. The van der Waals surface area contributed by atoms with Crippen LogP contribution >= 0.6 is 34.7 Å². The fourth-order valence-corrected chi connectivity index (χ4v) is 4.56. The van der Waals surface area contributed by atoms with Crippen LogP contribution in [0.4, 0.5) is 5.69 Å². The van der Waals surface area contributed by atoms with E-state index in [1.165, 1.54) is 0 Å². The van der Waals surface area contributed by atoms with Crippen molar-refractivity contribution in [2.45, 2.75) is 17.2 Å². The lowest BCUT2D eigenvalue weighted by atomic mass is 10.3. The number of alkyl halides is 1. The molecule has 1 aromatic carbocycles. The van der Waals surface area contributed by atoms with Crippen LogP contribution in [0.15, 0.2) is 22.5 Å². The minimum Gasteiger partial charge on any atom is -0.284 e. The fourth-order valence-electron chi connectivity index (χ4n) is 1.67. The molecule has 1 N–H and O–H groups in total. The second-order valence-electron chi connectivity index (χ2n) is 4.18. The van der Waals surface area contributed by atoms with Crippen LogP contribution in [0.2, 0.25) is 0 Å². The molecule has 0 aliphatic heterocycles. The summed E-state index contributed by atoms with van der Waals surface area (Å²) in [6.07, 6.45) is 3.24. The molecule has 110 valence electrons. The Hall–Kier alpha value is -0.500. The van der Waals surface area contributed by atoms with Crippen LogP contribution < -0.4 is 4.72 Å². The van der Waals surface area contributed by atoms with Crippen LogP contribution in [0.25, 0.3) is 10.2 Å². The topological polar surface area (TPSA) is 59.1 Å². The number of halogens is 1. The van der Waals surface area contributed by atoms with Crippen molar-refractivity contribution in [2.24, 2.45) is 0 Å². The highest BCUT2D eigenvalue weighted by atomic mass is 35.5. The molecule has 0 aliphatic rings. The van der Waals surface area contributed by atoms with Crippen LogP contribution in [-0.2, 0) is 10.0 Å². The van der Waals surface area contributed by atoms with Crippen molar-refractivity contribution < 1.29 is 8.42 Å². The maximum absolute atomic E-state index is 11.9. The summed E-state index contributed by atoms with van der Waals surface area (Å²) >= 11 is 8.69. The van der Waals surface area contributed by atoms with Gasteiger partial charge in [-0.05, 0) is 37.3 Å². The molecule has 1 aromatic heterocycles.